The molecule has 0 amide bonds. The summed E-state index contributed by atoms with van der Waals surface area (Å²) in [5.41, 5.74) is 5.45. The van der Waals surface area contributed by atoms with Crippen molar-refractivity contribution in [3.8, 4) is 0 Å². The quantitative estimate of drug-likeness (QED) is 0.442. The Balaban J connectivity index is 2.29. The van der Waals surface area contributed by atoms with E-state index < -0.39 is 6.10 Å². The third kappa shape index (κ3) is 1.67. The molecule has 4 nitrogen and oxygen atoms in total. The molecule has 0 bridgehead atoms. The van der Waals surface area contributed by atoms with Crippen LogP contribution >= 0.6 is 0 Å². The highest BCUT2D eigenvalue weighted by molar-refractivity contribution is 4.80. The van der Waals surface area contributed by atoms with Gasteiger partial charge in [-0.25, -0.2) is 0 Å². The predicted octanol–water partition coefficient (Wildman–Crippen LogP) is -1.54. The average molecular weight is 147 g/mol. The van der Waals surface area contributed by atoms with Gasteiger partial charge >= 0.3 is 0 Å². The van der Waals surface area contributed by atoms with Gasteiger partial charge in [0.1, 0.15) is 0 Å². The van der Waals surface area contributed by atoms with E-state index in [1.165, 1.54) is 0 Å². The Morgan fingerprint density at radius 3 is 2.80 bits per heavy atom. The van der Waals surface area contributed by atoms with E-state index in [2.05, 4.69) is 0 Å². The lowest BCUT2D eigenvalue weighted by atomic mass is 10.1. The Hall–Kier alpha value is -0.160. The number of nitrogens with two attached hydrogens (primary N) is 1. The topological polar surface area (TPSA) is 75.7 Å². The summed E-state index contributed by atoms with van der Waals surface area (Å²) < 4.78 is 5.08. The first-order valence-electron chi connectivity index (χ1n) is 3.40. The zero-order valence-electron chi connectivity index (χ0n) is 5.73. The minimum atomic E-state index is -0.400. The minimum absolute atomic E-state index is 0.0859. The SMILES string of the molecule is N[C@H](CO)[C@@H]1C[C@H](O)CO1. The maximum Gasteiger partial charge on any atom is 0.0799 e. The first-order chi connectivity index (χ1) is 4.74. The van der Waals surface area contributed by atoms with Crippen LogP contribution in [0.4, 0.5) is 0 Å². The first-order valence-corrected chi connectivity index (χ1v) is 3.40. The van der Waals surface area contributed by atoms with Gasteiger partial charge in [0.2, 0.25) is 0 Å². The van der Waals surface area contributed by atoms with Crippen molar-refractivity contribution in [2.45, 2.75) is 24.7 Å². The van der Waals surface area contributed by atoms with Crippen LogP contribution in [0.5, 0.6) is 0 Å². The monoisotopic (exact) mass is 147 g/mol. The normalized spacial score (nSPS) is 36.3. The van der Waals surface area contributed by atoms with Gasteiger partial charge < -0.3 is 20.7 Å². The maximum atomic E-state index is 8.98. The van der Waals surface area contributed by atoms with E-state index in [0.29, 0.717) is 13.0 Å². The van der Waals surface area contributed by atoms with Crippen LogP contribution in [0.2, 0.25) is 0 Å². The van der Waals surface area contributed by atoms with Gasteiger partial charge in [-0.05, 0) is 0 Å². The van der Waals surface area contributed by atoms with Gasteiger partial charge in [-0.3, -0.25) is 0 Å². The van der Waals surface area contributed by atoms with Gasteiger partial charge in [0.15, 0.2) is 0 Å². The fraction of sp³-hybridized carbons (Fsp3) is 1.00. The molecule has 1 aliphatic heterocycles. The second-order valence-electron chi connectivity index (χ2n) is 2.61. The van der Waals surface area contributed by atoms with E-state index in [-0.39, 0.29) is 18.8 Å². The molecule has 0 aromatic carbocycles. The molecule has 4 heteroatoms. The van der Waals surface area contributed by atoms with E-state index in [4.69, 9.17) is 20.7 Å². The van der Waals surface area contributed by atoms with Crippen LogP contribution in [0.15, 0.2) is 0 Å². The molecule has 0 radical (unpaired) electrons. The Morgan fingerprint density at radius 1 is 1.70 bits per heavy atom. The molecule has 10 heavy (non-hydrogen) atoms. The molecule has 1 rings (SSSR count). The fourth-order valence-electron chi connectivity index (χ4n) is 1.05. The molecule has 1 saturated heterocycles. The largest absolute Gasteiger partial charge is 0.395 e. The van der Waals surface area contributed by atoms with Crippen LogP contribution in [-0.2, 0) is 4.74 Å². The molecule has 3 atom stereocenters. The van der Waals surface area contributed by atoms with Gasteiger partial charge in [-0.2, -0.15) is 0 Å². The van der Waals surface area contributed by atoms with Gasteiger partial charge in [0.25, 0.3) is 0 Å². The number of rotatable bonds is 2. The van der Waals surface area contributed by atoms with Crippen molar-refractivity contribution in [3.63, 3.8) is 0 Å². The zero-order valence-corrected chi connectivity index (χ0v) is 5.73. The molecular weight excluding hydrogens is 134 g/mol. The van der Waals surface area contributed by atoms with Gasteiger partial charge in [0.05, 0.1) is 31.5 Å². The highest BCUT2D eigenvalue weighted by Crippen LogP contribution is 2.14. The Kier molecular flexibility index (Phi) is 2.62. The fourth-order valence-corrected chi connectivity index (χ4v) is 1.05. The minimum Gasteiger partial charge on any atom is -0.395 e. The molecule has 1 heterocycles. The van der Waals surface area contributed by atoms with Crippen molar-refractivity contribution < 1.29 is 14.9 Å². The van der Waals surface area contributed by atoms with Crippen molar-refractivity contribution in [1.29, 1.82) is 0 Å². The summed E-state index contributed by atoms with van der Waals surface area (Å²) in [5.74, 6) is 0. The summed E-state index contributed by atoms with van der Waals surface area (Å²) in [6.07, 6.45) is -0.0237. The van der Waals surface area contributed by atoms with Crippen molar-refractivity contribution in [1.82, 2.24) is 0 Å². The number of hydrogen-bond donors (Lipinski definition) is 3. The van der Waals surface area contributed by atoms with E-state index >= 15 is 0 Å². The third-order valence-electron chi connectivity index (χ3n) is 1.70. The number of ether oxygens (including phenoxy) is 1. The molecule has 1 aliphatic rings. The van der Waals surface area contributed by atoms with Crippen molar-refractivity contribution >= 4 is 0 Å². The van der Waals surface area contributed by atoms with E-state index in [9.17, 15) is 0 Å². The smallest absolute Gasteiger partial charge is 0.0799 e. The van der Waals surface area contributed by atoms with Crippen molar-refractivity contribution in [2.75, 3.05) is 13.2 Å². The Bertz CT molecular complexity index is 109. The van der Waals surface area contributed by atoms with Crippen LogP contribution < -0.4 is 5.73 Å². The van der Waals surface area contributed by atoms with Gasteiger partial charge in [0, 0.05) is 6.42 Å². The lowest BCUT2D eigenvalue weighted by molar-refractivity contribution is 0.0599. The summed E-state index contributed by atoms with van der Waals surface area (Å²) in [6, 6.07) is -0.350. The molecule has 60 valence electrons. The van der Waals surface area contributed by atoms with Crippen molar-refractivity contribution in [2.24, 2.45) is 5.73 Å². The number of aliphatic hydroxyl groups excluding tert-OH is 2. The molecule has 1 fully saturated rings. The summed E-state index contributed by atoms with van der Waals surface area (Å²) in [4.78, 5) is 0. The maximum absolute atomic E-state index is 8.98. The molecule has 0 spiro atoms. The Morgan fingerprint density at radius 2 is 2.40 bits per heavy atom. The zero-order chi connectivity index (χ0) is 7.56. The van der Waals surface area contributed by atoms with E-state index in [1.54, 1.807) is 0 Å². The predicted molar refractivity (Wildman–Crippen MR) is 35.4 cm³/mol. The van der Waals surface area contributed by atoms with Crippen LogP contribution in [-0.4, -0.2) is 41.7 Å². The molecule has 0 unspecified atom stereocenters. The molecule has 0 aliphatic carbocycles. The molecule has 0 saturated carbocycles. The van der Waals surface area contributed by atoms with Gasteiger partial charge in [-0.15, -0.1) is 0 Å². The van der Waals surface area contributed by atoms with E-state index in [1.807, 2.05) is 0 Å². The third-order valence-corrected chi connectivity index (χ3v) is 1.70. The van der Waals surface area contributed by atoms with Crippen molar-refractivity contribution in [3.05, 3.63) is 0 Å². The lowest BCUT2D eigenvalue weighted by Crippen LogP contribution is -2.37. The molecular formula is C6H13NO3. The number of aliphatic hydroxyl groups is 2. The standard InChI is InChI=1S/C6H13NO3/c7-5(2-8)6-1-4(9)3-10-6/h4-6,8-9H,1-3,7H2/t4-,5+,6-/m0/s1. The summed E-state index contributed by atoms with van der Waals surface area (Å²) in [6.45, 7) is 0.260. The highest BCUT2D eigenvalue weighted by atomic mass is 16.5. The lowest BCUT2D eigenvalue weighted by Gasteiger charge is -2.14. The molecule has 0 aromatic rings. The number of hydrogen-bond acceptors (Lipinski definition) is 4. The average Bonchev–Trinajstić information content (AvgIpc) is 2.34. The van der Waals surface area contributed by atoms with Crippen LogP contribution in [0.25, 0.3) is 0 Å². The van der Waals surface area contributed by atoms with Crippen LogP contribution in [0.3, 0.4) is 0 Å². The summed E-state index contributed by atoms with van der Waals surface area (Å²) in [5, 5.41) is 17.6. The van der Waals surface area contributed by atoms with E-state index in [0.717, 1.165) is 0 Å². The van der Waals surface area contributed by atoms with Crippen LogP contribution in [0.1, 0.15) is 6.42 Å². The summed E-state index contributed by atoms with van der Waals surface area (Å²) >= 11 is 0. The van der Waals surface area contributed by atoms with Crippen LogP contribution in [0, 0.1) is 0 Å². The second kappa shape index (κ2) is 3.30. The highest BCUT2D eigenvalue weighted by Gasteiger charge is 2.27. The summed E-state index contributed by atoms with van der Waals surface area (Å²) in [7, 11) is 0. The molecule has 0 aromatic heterocycles. The van der Waals surface area contributed by atoms with Gasteiger partial charge in [-0.1, -0.05) is 0 Å². The Labute approximate surface area is 59.6 Å². The second-order valence-corrected chi connectivity index (χ2v) is 2.61. The first kappa shape index (κ1) is 7.94. The molecule has 4 N–H and O–H groups in total.